The minimum absolute atomic E-state index is 0.0136. The number of carbonyl (C=O) groups is 2. The van der Waals surface area contributed by atoms with E-state index in [1.807, 2.05) is 6.92 Å². The van der Waals surface area contributed by atoms with Crippen molar-refractivity contribution in [1.29, 1.82) is 0 Å². The van der Waals surface area contributed by atoms with Gasteiger partial charge in [0.25, 0.3) is 0 Å². The van der Waals surface area contributed by atoms with Gasteiger partial charge >= 0.3 is 11.9 Å². The second-order valence-corrected chi connectivity index (χ2v) is 15.6. The van der Waals surface area contributed by atoms with Gasteiger partial charge in [-0.2, -0.15) is 0 Å². The highest BCUT2D eigenvalue weighted by Crippen LogP contribution is 2.75. The van der Waals surface area contributed by atoms with E-state index in [1.54, 1.807) is 5.57 Å². The molecule has 4 nitrogen and oxygen atoms in total. The Bertz CT molecular complexity index is 996. The summed E-state index contributed by atoms with van der Waals surface area (Å²) >= 11 is 0. The third-order valence-corrected chi connectivity index (χ3v) is 13.4. The van der Waals surface area contributed by atoms with E-state index in [-0.39, 0.29) is 28.1 Å². The van der Waals surface area contributed by atoms with Gasteiger partial charge in [-0.15, -0.1) is 0 Å². The van der Waals surface area contributed by atoms with E-state index in [2.05, 4.69) is 47.6 Å². The fraction of sp³-hybridized carbons (Fsp3) is 0.875. The van der Waals surface area contributed by atoms with E-state index in [9.17, 15) is 14.7 Å². The quantitative estimate of drug-likeness (QED) is 0.311. The van der Waals surface area contributed by atoms with Gasteiger partial charge in [-0.25, -0.2) is 0 Å². The van der Waals surface area contributed by atoms with Crippen molar-refractivity contribution < 1.29 is 19.4 Å². The van der Waals surface area contributed by atoms with Crippen LogP contribution in [0.15, 0.2) is 11.6 Å². The minimum Gasteiger partial charge on any atom is -0.481 e. The first-order valence-electron chi connectivity index (χ1n) is 14.6. The molecule has 4 saturated carbocycles. The summed E-state index contributed by atoms with van der Waals surface area (Å²) in [5.41, 5.74) is 1.81. The summed E-state index contributed by atoms with van der Waals surface area (Å²) in [6.07, 6.45) is 13.3. The molecule has 5 aliphatic carbocycles. The van der Waals surface area contributed by atoms with Crippen molar-refractivity contribution in [3.63, 3.8) is 0 Å². The second-order valence-electron chi connectivity index (χ2n) is 15.6. The van der Waals surface area contributed by atoms with Crippen molar-refractivity contribution in [2.75, 3.05) is 0 Å². The molecule has 0 saturated heterocycles. The molecule has 5 aliphatic rings. The van der Waals surface area contributed by atoms with Gasteiger partial charge in [-0.3, -0.25) is 9.59 Å². The molecule has 0 unspecified atom stereocenters. The molecule has 0 aromatic carbocycles. The van der Waals surface area contributed by atoms with Crippen molar-refractivity contribution in [1.82, 2.24) is 0 Å². The topological polar surface area (TPSA) is 63.6 Å². The van der Waals surface area contributed by atoms with E-state index in [0.717, 1.165) is 25.7 Å². The molecule has 4 heteroatoms. The zero-order chi connectivity index (χ0) is 26.5. The Morgan fingerprint density at radius 2 is 1.56 bits per heavy atom. The van der Waals surface area contributed by atoms with Gasteiger partial charge in [-0.1, -0.05) is 53.2 Å². The van der Waals surface area contributed by atoms with Crippen LogP contribution in [0.5, 0.6) is 0 Å². The summed E-state index contributed by atoms with van der Waals surface area (Å²) in [6, 6.07) is 0. The number of hydrogen-bond donors (Lipinski definition) is 1. The predicted octanol–water partition coefficient (Wildman–Crippen LogP) is 7.80. The number of rotatable bonds is 2. The molecule has 0 amide bonds. The molecule has 36 heavy (non-hydrogen) atoms. The number of fused-ring (bicyclic) bond motifs is 7. The number of carboxylic acids is 1. The summed E-state index contributed by atoms with van der Waals surface area (Å²) < 4.78 is 5.69. The number of ether oxygens (including phenoxy) is 1. The van der Waals surface area contributed by atoms with Crippen molar-refractivity contribution in [3.8, 4) is 0 Å². The lowest BCUT2D eigenvalue weighted by atomic mass is 9.33. The Morgan fingerprint density at radius 1 is 0.889 bits per heavy atom. The fourth-order valence-corrected chi connectivity index (χ4v) is 10.9. The minimum atomic E-state index is -1.04. The summed E-state index contributed by atoms with van der Waals surface area (Å²) in [4.78, 5) is 24.8. The van der Waals surface area contributed by atoms with Crippen LogP contribution in [0.2, 0.25) is 0 Å². The summed E-state index contributed by atoms with van der Waals surface area (Å²) in [6.45, 7) is 18.3. The first-order chi connectivity index (χ1) is 16.5. The van der Waals surface area contributed by atoms with Gasteiger partial charge in [0.05, 0.1) is 0 Å². The van der Waals surface area contributed by atoms with Crippen molar-refractivity contribution in [2.45, 2.75) is 126 Å². The Kier molecular flexibility index (Phi) is 5.74. The lowest BCUT2D eigenvalue weighted by molar-refractivity contribution is -0.222. The van der Waals surface area contributed by atoms with E-state index in [4.69, 9.17) is 4.74 Å². The summed E-state index contributed by atoms with van der Waals surface area (Å²) in [7, 11) is 0. The van der Waals surface area contributed by atoms with E-state index in [1.165, 1.54) is 39.0 Å². The maximum absolute atomic E-state index is 12.8. The van der Waals surface area contributed by atoms with Crippen LogP contribution in [0.25, 0.3) is 0 Å². The monoisotopic (exact) mass is 498 g/mol. The van der Waals surface area contributed by atoms with Crippen molar-refractivity contribution in [3.05, 3.63) is 11.6 Å². The lowest BCUT2D eigenvalue weighted by Gasteiger charge is -2.71. The van der Waals surface area contributed by atoms with Crippen LogP contribution < -0.4 is 0 Å². The Morgan fingerprint density at radius 3 is 2.19 bits per heavy atom. The Labute approximate surface area is 219 Å². The van der Waals surface area contributed by atoms with Gasteiger partial charge in [0.15, 0.2) is 0 Å². The van der Waals surface area contributed by atoms with Gasteiger partial charge in [-0.05, 0) is 116 Å². The summed E-state index contributed by atoms with van der Waals surface area (Å²) in [5.74, 6) is -0.0260. The Hall–Kier alpha value is -1.32. The van der Waals surface area contributed by atoms with Crippen LogP contribution in [0.1, 0.15) is 120 Å². The predicted molar refractivity (Wildman–Crippen MR) is 142 cm³/mol. The van der Waals surface area contributed by atoms with Gasteiger partial charge in [0.1, 0.15) is 11.5 Å². The molecule has 1 N–H and O–H groups in total. The zero-order valence-corrected chi connectivity index (χ0v) is 24.1. The normalized spacial score (nSPS) is 51.5. The molecule has 4 fully saturated rings. The van der Waals surface area contributed by atoms with Crippen molar-refractivity contribution >= 4 is 11.9 Å². The SMILES string of the molecule is CC(=O)O[C@@H]1CC[C@@]2(C)[C@@H](CC[C@]3(C)[C@H]2CC=C2[C@@H]4CC(C)(C)CC[C@]4(C)CC[C@]23C)[C@@]1(C)C(=O)O. The standard InChI is InChI=1S/C32H50O4/c1-20(33)36-25-12-13-29(5)23-10-9-21-22-19-27(2,3)15-16-28(22,4)17-18-30(21,6)31(23,7)14-11-24(29)32(25,8)26(34)35/h9,22-25H,10-19H2,1-8H3,(H,34,35)/t22-,23-,24+,25+,28+,29+,30+,31+,32+/m0/s1. The molecular weight excluding hydrogens is 448 g/mol. The smallest absolute Gasteiger partial charge is 0.313 e. The molecule has 0 bridgehead atoms. The number of carbonyl (C=O) groups excluding carboxylic acids is 1. The average Bonchev–Trinajstić information content (AvgIpc) is 2.77. The second kappa shape index (κ2) is 7.85. The van der Waals surface area contributed by atoms with Crippen LogP contribution in [0, 0.1) is 50.2 Å². The molecule has 5 rings (SSSR count). The molecule has 9 atom stereocenters. The highest BCUT2D eigenvalue weighted by atomic mass is 16.5. The molecule has 0 aromatic heterocycles. The van der Waals surface area contributed by atoms with Crippen LogP contribution in [0.4, 0.5) is 0 Å². The molecule has 0 aromatic rings. The van der Waals surface area contributed by atoms with Crippen molar-refractivity contribution in [2.24, 2.45) is 50.2 Å². The number of carboxylic acid groups (broad SMARTS) is 1. The fourth-order valence-electron chi connectivity index (χ4n) is 10.9. The van der Waals surface area contributed by atoms with E-state index in [0.29, 0.717) is 29.1 Å². The van der Waals surface area contributed by atoms with Gasteiger partial charge in [0.2, 0.25) is 0 Å². The summed E-state index contributed by atoms with van der Waals surface area (Å²) in [5, 5.41) is 10.5. The third-order valence-electron chi connectivity index (χ3n) is 13.4. The molecule has 0 spiro atoms. The molecular formula is C32H50O4. The maximum atomic E-state index is 12.8. The van der Waals surface area contributed by atoms with Crippen LogP contribution in [0.3, 0.4) is 0 Å². The molecule has 0 heterocycles. The molecule has 0 aliphatic heterocycles. The highest BCUT2D eigenvalue weighted by Gasteiger charge is 2.70. The van der Waals surface area contributed by atoms with E-state index >= 15 is 0 Å². The highest BCUT2D eigenvalue weighted by molar-refractivity contribution is 5.77. The van der Waals surface area contributed by atoms with Crippen LogP contribution in [-0.4, -0.2) is 23.1 Å². The van der Waals surface area contributed by atoms with Crippen LogP contribution >= 0.6 is 0 Å². The Balaban J connectivity index is 1.56. The average molecular weight is 499 g/mol. The molecule has 202 valence electrons. The number of esters is 1. The van der Waals surface area contributed by atoms with Crippen LogP contribution in [-0.2, 0) is 14.3 Å². The number of aliphatic carboxylic acids is 1. The van der Waals surface area contributed by atoms with Gasteiger partial charge < -0.3 is 9.84 Å². The molecule has 0 radical (unpaired) electrons. The maximum Gasteiger partial charge on any atom is 0.313 e. The number of hydrogen-bond acceptors (Lipinski definition) is 3. The largest absolute Gasteiger partial charge is 0.481 e. The first kappa shape index (κ1) is 26.3. The van der Waals surface area contributed by atoms with Gasteiger partial charge in [0, 0.05) is 6.92 Å². The number of allylic oxidation sites excluding steroid dienone is 2. The first-order valence-corrected chi connectivity index (χ1v) is 14.6. The zero-order valence-electron chi connectivity index (χ0n) is 24.1. The third kappa shape index (κ3) is 3.30. The van der Waals surface area contributed by atoms with E-state index < -0.39 is 17.5 Å². The lowest BCUT2D eigenvalue weighted by Crippen LogP contribution is -2.66.